The Morgan fingerprint density at radius 3 is 2.96 bits per heavy atom. The van der Waals surface area contributed by atoms with Crippen molar-refractivity contribution in [2.24, 2.45) is 0 Å². The lowest BCUT2D eigenvalue weighted by Gasteiger charge is -2.38. The predicted molar refractivity (Wildman–Crippen MR) is 93.9 cm³/mol. The normalized spacial score (nSPS) is 16.2. The van der Waals surface area contributed by atoms with E-state index in [2.05, 4.69) is 15.1 Å². The Labute approximate surface area is 154 Å². The predicted octanol–water partition coefficient (Wildman–Crippen LogP) is 3.38. The van der Waals surface area contributed by atoms with Gasteiger partial charge in [-0.2, -0.15) is 4.98 Å². The van der Waals surface area contributed by atoms with Crippen LogP contribution in [0.4, 0.5) is 0 Å². The molecule has 0 bridgehead atoms. The molecule has 26 heavy (non-hydrogen) atoms. The summed E-state index contributed by atoms with van der Waals surface area (Å²) in [6, 6.07) is 8.36. The molecule has 8 heteroatoms. The van der Waals surface area contributed by atoms with Crippen LogP contribution in [-0.2, 0) is 0 Å². The van der Waals surface area contributed by atoms with Crippen LogP contribution in [0.2, 0.25) is 5.02 Å². The minimum atomic E-state index is -0.260. The molecule has 1 fully saturated rings. The van der Waals surface area contributed by atoms with E-state index < -0.39 is 0 Å². The zero-order chi connectivity index (χ0) is 18.1. The Bertz CT molecular complexity index is 945. The minimum Gasteiger partial charge on any atom is -0.496 e. The Balaban J connectivity index is 1.58. The lowest BCUT2D eigenvalue weighted by atomic mass is 10.0. The third kappa shape index (κ3) is 2.90. The summed E-state index contributed by atoms with van der Waals surface area (Å²) >= 11 is 6.04. The van der Waals surface area contributed by atoms with Gasteiger partial charge < -0.3 is 14.2 Å². The molecule has 1 saturated heterocycles. The number of carbonyl (C=O) groups excluding carboxylic acids is 1. The number of amides is 1. The fourth-order valence-electron chi connectivity index (χ4n) is 2.87. The van der Waals surface area contributed by atoms with Crippen LogP contribution in [0.1, 0.15) is 28.7 Å². The first-order valence-electron chi connectivity index (χ1n) is 8.06. The van der Waals surface area contributed by atoms with Crippen LogP contribution < -0.4 is 4.74 Å². The Morgan fingerprint density at radius 1 is 1.38 bits per heavy atom. The van der Waals surface area contributed by atoms with Crippen molar-refractivity contribution in [3.8, 4) is 17.1 Å². The van der Waals surface area contributed by atoms with Crippen LogP contribution in [-0.4, -0.2) is 39.6 Å². The average Bonchev–Trinajstić information content (AvgIpc) is 3.10. The number of likely N-dealkylation sites (tertiary alicyclic amines) is 1. The van der Waals surface area contributed by atoms with Gasteiger partial charge in [-0.15, -0.1) is 0 Å². The van der Waals surface area contributed by atoms with Crippen molar-refractivity contribution in [3.63, 3.8) is 0 Å². The first-order valence-corrected chi connectivity index (χ1v) is 8.43. The topological polar surface area (TPSA) is 81.4 Å². The highest BCUT2D eigenvalue weighted by Gasteiger charge is 2.38. The van der Waals surface area contributed by atoms with E-state index in [0.717, 1.165) is 12.0 Å². The summed E-state index contributed by atoms with van der Waals surface area (Å²) in [6.45, 7) is 0.601. The largest absolute Gasteiger partial charge is 0.496 e. The third-order valence-electron chi connectivity index (χ3n) is 4.32. The fraction of sp³-hybridized carbons (Fsp3) is 0.222. The van der Waals surface area contributed by atoms with E-state index in [1.165, 1.54) is 7.11 Å². The number of benzene rings is 1. The molecule has 1 aliphatic rings. The second-order valence-electron chi connectivity index (χ2n) is 5.85. The van der Waals surface area contributed by atoms with Crippen molar-refractivity contribution in [1.82, 2.24) is 20.0 Å². The Morgan fingerprint density at radius 2 is 2.27 bits per heavy atom. The zero-order valence-corrected chi connectivity index (χ0v) is 14.7. The highest BCUT2D eigenvalue weighted by atomic mass is 35.5. The van der Waals surface area contributed by atoms with Gasteiger partial charge in [0.2, 0.25) is 11.7 Å². The molecule has 0 saturated carbocycles. The number of hydrogen-bond acceptors (Lipinski definition) is 6. The van der Waals surface area contributed by atoms with Crippen LogP contribution in [0.15, 0.2) is 47.2 Å². The maximum atomic E-state index is 12.9. The van der Waals surface area contributed by atoms with Crippen molar-refractivity contribution in [1.29, 1.82) is 0 Å². The molecule has 1 aliphatic heterocycles. The first kappa shape index (κ1) is 16.5. The molecule has 0 radical (unpaired) electrons. The number of carbonyl (C=O) groups is 1. The van der Waals surface area contributed by atoms with Gasteiger partial charge >= 0.3 is 0 Å². The van der Waals surface area contributed by atoms with Crippen molar-refractivity contribution >= 4 is 17.5 Å². The van der Waals surface area contributed by atoms with Gasteiger partial charge in [0, 0.05) is 29.5 Å². The van der Waals surface area contributed by atoms with Crippen LogP contribution >= 0.6 is 11.6 Å². The molecule has 3 aromatic rings. The molecule has 132 valence electrons. The van der Waals surface area contributed by atoms with Gasteiger partial charge in [-0.3, -0.25) is 9.78 Å². The second kappa shape index (κ2) is 6.76. The summed E-state index contributed by atoms with van der Waals surface area (Å²) in [5.41, 5.74) is 1.17. The van der Waals surface area contributed by atoms with Gasteiger partial charge in [0.1, 0.15) is 11.8 Å². The summed E-state index contributed by atoms with van der Waals surface area (Å²) in [5.74, 6) is 1.16. The molecular weight excluding hydrogens is 356 g/mol. The fourth-order valence-corrected chi connectivity index (χ4v) is 3.04. The molecule has 7 nitrogen and oxygen atoms in total. The maximum Gasteiger partial charge on any atom is 0.258 e. The first-order chi connectivity index (χ1) is 12.7. The van der Waals surface area contributed by atoms with Crippen molar-refractivity contribution in [2.75, 3.05) is 13.7 Å². The molecule has 0 N–H and O–H groups in total. The number of nitrogens with zero attached hydrogens (tertiary/aromatic N) is 4. The van der Waals surface area contributed by atoms with Gasteiger partial charge in [0.05, 0.1) is 12.7 Å². The van der Waals surface area contributed by atoms with Gasteiger partial charge in [0.25, 0.3) is 5.91 Å². The minimum absolute atomic E-state index is 0.179. The monoisotopic (exact) mass is 370 g/mol. The van der Waals surface area contributed by atoms with Crippen LogP contribution in [0.5, 0.6) is 5.75 Å². The number of rotatable bonds is 4. The average molecular weight is 371 g/mol. The third-order valence-corrected chi connectivity index (χ3v) is 4.55. The summed E-state index contributed by atoms with van der Waals surface area (Å²) in [5, 5.41) is 4.47. The second-order valence-corrected chi connectivity index (χ2v) is 6.28. The molecule has 1 aromatic carbocycles. The molecular formula is C18H15ClN4O3. The van der Waals surface area contributed by atoms with Crippen LogP contribution in [0, 0.1) is 0 Å². The van der Waals surface area contributed by atoms with Crippen LogP contribution in [0.3, 0.4) is 0 Å². The Kier molecular flexibility index (Phi) is 4.30. The molecule has 3 heterocycles. The molecule has 4 rings (SSSR count). The molecule has 1 atom stereocenters. The van der Waals surface area contributed by atoms with Gasteiger partial charge in [0.15, 0.2) is 0 Å². The van der Waals surface area contributed by atoms with E-state index in [1.807, 2.05) is 6.07 Å². The highest BCUT2D eigenvalue weighted by molar-refractivity contribution is 6.31. The summed E-state index contributed by atoms with van der Waals surface area (Å²) < 4.78 is 10.7. The molecule has 2 aromatic heterocycles. The number of aromatic nitrogens is 3. The lowest BCUT2D eigenvalue weighted by Crippen LogP contribution is -2.45. The number of ether oxygens (including phenoxy) is 1. The number of methoxy groups -OCH3 is 1. The summed E-state index contributed by atoms with van der Waals surface area (Å²) in [7, 11) is 1.52. The zero-order valence-electron chi connectivity index (χ0n) is 13.9. The number of pyridine rings is 1. The van der Waals surface area contributed by atoms with Gasteiger partial charge in [-0.1, -0.05) is 16.8 Å². The highest BCUT2D eigenvalue weighted by Crippen LogP contribution is 2.36. The summed E-state index contributed by atoms with van der Waals surface area (Å²) in [4.78, 5) is 23.0. The smallest absolute Gasteiger partial charge is 0.258 e. The number of hydrogen-bond donors (Lipinski definition) is 0. The van der Waals surface area contributed by atoms with Gasteiger partial charge in [-0.05, 0) is 36.8 Å². The van der Waals surface area contributed by atoms with E-state index in [9.17, 15) is 4.79 Å². The SMILES string of the molecule is COc1ccc(Cl)cc1C(=O)N1CC[C@H]1c1nc(-c2cccnc2)no1. The maximum absolute atomic E-state index is 12.9. The van der Waals surface area contributed by atoms with E-state index in [1.54, 1.807) is 41.6 Å². The van der Waals surface area contributed by atoms with E-state index in [0.29, 0.717) is 34.6 Å². The van der Waals surface area contributed by atoms with Crippen molar-refractivity contribution in [3.05, 3.63) is 59.2 Å². The summed E-state index contributed by atoms with van der Waals surface area (Å²) in [6.07, 6.45) is 4.09. The number of halogens is 1. The quantitative estimate of drug-likeness (QED) is 0.700. The van der Waals surface area contributed by atoms with Crippen LogP contribution in [0.25, 0.3) is 11.4 Å². The molecule has 0 aliphatic carbocycles. The Hall–Kier alpha value is -2.93. The molecule has 0 spiro atoms. The lowest BCUT2D eigenvalue weighted by molar-refractivity contribution is 0.0375. The van der Waals surface area contributed by atoms with Crippen molar-refractivity contribution < 1.29 is 14.1 Å². The van der Waals surface area contributed by atoms with Gasteiger partial charge in [-0.25, -0.2) is 0 Å². The molecule has 1 amide bonds. The van der Waals surface area contributed by atoms with E-state index in [4.69, 9.17) is 20.9 Å². The molecule has 0 unspecified atom stereocenters. The van der Waals surface area contributed by atoms with E-state index in [-0.39, 0.29) is 11.9 Å². The van der Waals surface area contributed by atoms with E-state index >= 15 is 0 Å². The standard InChI is InChI=1S/C18H15ClN4O3/c1-25-15-5-4-12(19)9-13(15)18(24)23-8-6-14(23)17-21-16(22-26-17)11-3-2-7-20-10-11/h2-5,7,9-10,14H,6,8H2,1H3/t14-/m0/s1. The van der Waals surface area contributed by atoms with Crippen molar-refractivity contribution in [2.45, 2.75) is 12.5 Å².